The molecule has 0 radical (unpaired) electrons. The van der Waals surface area contributed by atoms with E-state index in [4.69, 9.17) is 11.6 Å². The van der Waals surface area contributed by atoms with Gasteiger partial charge in [0.1, 0.15) is 0 Å². The SMILES string of the molecule is CCNC(=NCc1cccc(Cl)c1)NCc1ccc(S(=O)(=O)NC)cc1.I. The van der Waals surface area contributed by atoms with Crippen LogP contribution in [0.3, 0.4) is 0 Å². The van der Waals surface area contributed by atoms with Gasteiger partial charge in [-0.05, 0) is 49.4 Å². The molecule has 0 aromatic heterocycles. The van der Waals surface area contributed by atoms with Gasteiger partial charge in [-0.1, -0.05) is 35.9 Å². The third-order valence-electron chi connectivity index (χ3n) is 3.62. The molecule has 0 heterocycles. The van der Waals surface area contributed by atoms with Crippen molar-refractivity contribution in [2.24, 2.45) is 4.99 Å². The quantitative estimate of drug-likeness (QED) is 0.296. The van der Waals surface area contributed by atoms with Gasteiger partial charge in [-0.25, -0.2) is 18.1 Å². The predicted molar refractivity (Wildman–Crippen MR) is 121 cm³/mol. The third-order valence-corrected chi connectivity index (χ3v) is 5.28. The second-order valence-electron chi connectivity index (χ2n) is 5.53. The smallest absolute Gasteiger partial charge is 0.240 e. The van der Waals surface area contributed by atoms with Gasteiger partial charge in [-0.2, -0.15) is 0 Å². The number of nitrogens with one attached hydrogen (secondary N) is 3. The molecule has 0 atom stereocenters. The van der Waals surface area contributed by atoms with E-state index in [1.165, 1.54) is 7.05 Å². The molecule has 2 aromatic rings. The van der Waals surface area contributed by atoms with Crippen molar-refractivity contribution in [1.29, 1.82) is 0 Å². The zero-order valence-corrected chi connectivity index (χ0v) is 19.1. The molecule has 6 nitrogen and oxygen atoms in total. The summed E-state index contributed by atoms with van der Waals surface area (Å²) in [7, 11) is -2.02. The van der Waals surface area contributed by atoms with E-state index in [1.54, 1.807) is 24.3 Å². The molecule has 2 aromatic carbocycles. The van der Waals surface area contributed by atoms with Crippen LogP contribution in [-0.2, 0) is 23.1 Å². The molecule has 0 unspecified atom stereocenters. The van der Waals surface area contributed by atoms with Gasteiger partial charge < -0.3 is 10.6 Å². The average molecular weight is 523 g/mol. The molecule has 0 spiro atoms. The van der Waals surface area contributed by atoms with E-state index in [0.29, 0.717) is 24.1 Å². The van der Waals surface area contributed by atoms with E-state index in [9.17, 15) is 8.42 Å². The Balaban J connectivity index is 0.00000364. The summed E-state index contributed by atoms with van der Waals surface area (Å²) in [5.74, 6) is 0.680. The number of halogens is 2. The Hall–Kier alpha value is -1.36. The highest BCUT2D eigenvalue weighted by atomic mass is 127. The molecule has 9 heteroatoms. The highest BCUT2D eigenvalue weighted by Gasteiger charge is 2.10. The Morgan fingerprint density at radius 2 is 1.78 bits per heavy atom. The number of nitrogens with zero attached hydrogens (tertiary/aromatic N) is 1. The van der Waals surface area contributed by atoms with Crippen molar-refractivity contribution in [2.75, 3.05) is 13.6 Å². The summed E-state index contributed by atoms with van der Waals surface area (Å²) in [6.45, 7) is 3.77. The minimum absolute atomic E-state index is 0. The van der Waals surface area contributed by atoms with Crippen LogP contribution < -0.4 is 15.4 Å². The third kappa shape index (κ3) is 7.65. The molecular weight excluding hydrogens is 499 g/mol. The fraction of sp³-hybridized carbons (Fsp3) is 0.278. The first-order valence-corrected chi connectivity index (χ1v) is 10.1. The van der Waals surface area contributed by atoms with E-state index in [0.717, 1.165) is 17.7 Å². The lowest BCUT2D eigenvalue weighted by molar-refractivity contribution is 0.588. The van der Waals surface area contributed by atoms with E-state index in [-0.39, 0.29) is 28.9 Å². The fourth-order valence-corrected chi connectivity index (χ4v) is 3.18. The predicted octanol–water partition coefficient (Wildman–Crippen LogP) is 3.12. The standard InChI is InChI=1S/C18H23ClN4O2S.HI/c1-3-21-18(23-13-15-5-4-6-16(19)11-15)22-12-14-7-9-17(10-8-14)26(24,25)20-2;/h4-11,20H,3,12-13H2,1-2H3,(H2,21,22,23);1H. The maximum Gasteiger partial charge on any atom is 0.240 e. The minimum atomic E-state index is -3.41. The van der Waals surface area contributed by atoms with Gasteiger partial charge in [-0.15, -0.1) is 24.0 Å². The first-order valence-electron chi connectivity index (χ1n) is 8.23. The van der Waals surface area contributed by atoms with Crippen molar-refractivity contribution < 1.29 is 8.42 Å². The van der Waals surface area contributed by atoms with Gasteiger partial charge >= 0.3 is 0 Å². The van der Waals surface area contributed by atoms with Crippen molar-refractivity contribution in [3.8, 4) is 0 Å². The number of aliphatic imine (C=N–C) groups is 1. The van der Waals surface area contributed by atoms with Crippen molar-refractivity contribution in [1.82, 2.24) is 15.4 Å². The van der Waals surface area contributed by atoms with Crippen LogP contribution in [0.25, 0.3) is 0 Å². The van der Waals surface area contributed by atoms with Crippen molar-refractivity contribution in [2.45, 2.75) is 24.9 Å². The summed E-state index contributed by atoms with van der Waals surface area (Å²) >= 11 is 5.99. The average Bonchev–Trinajstić information content (AvgIpc) is 2.64. The van der Waals surface area contributed by atoms with Gasteiger partial charge in [0.2, 0.25) is 10.0 Å². The fourth-order valence-electron chi connectivity index (χ4n) is 2.24. The Kier molecular flexibility index (Phi) is 10.1. The lowest BCUT2D eigenvalue weighted by Gasteiger charge is -2.12. The van der Waals surface area contributed by atoms with E-state index in [1.807, 2.05) is 31.2 Å². The molecule has 0 saturated heterocycles. The van der Waals surface area contributed by atoms with E-state index < -0.39 is 10.0 Å². The van der Waals surface area contributed by atoms with Crippen LogP contribution in [0.5, 0.6) is 0 Å². The number of hydrogen-bond acceptors (Lipinski definition) is 3. The zero-order valence-electron chi connectivity index (χ0n) is 15.2. The van der Waals surface area contributed by atoms with Crippen LogP contribution in [0.2, 0.25) is 5.02 Å². The topological polar surface area (TPSA) is 82.6 Å². The molecule has 0 bridgehead atoms. The molecule has 0 amide bonds. The lowest BCUT2D eigenvalue weighted by Crippen LogP contribution is -2.36. The second kappa shape index (κ2) is 11.5. The zero-order chi connectivity index (χ0) is 19.0. The molecule has 2 rings (SSSR count). The summed E-state index contributed by atoms with van der Waals surface area (Å²) in [6, 6.07) is 14.3. The van der Waals surface area contributed by atoms with Gasteiger partial charge in [0.15, 0.2) is 5.96 Å². The highest BCUT2D eigenvalue weighted by molar-refractivity contribution is 14.0. The number of rotatable bonds is 7. The van der Waals surface area contributed by atoms with Crippen molar-refractivity contribution in [3.63, 3.8) is 0 Å². The maximum atomic E-state index is 11.7. The molecule has 0 aliphatic heterocycles. The minimum Gasteiger partial charge on any atom is -0.357 e. The van der Waals surface area contributed by atoms with Crippen molar-refractivity contribution >= 4 is 51.6 Å². The number of sulfonamides is 1. The lowest BCUT2D eigenvalue weighted by atomic mass is 10.2. The number of benzene rings is 2. The summed E-state index contributed by atoms with van der Waals surface area (Å²) in [4.78, 5) is 4.78. The van der Waals surface area contributed by atoms with Crippen LogP contribution in [0.4, 0.5) is 0 Å². The van der Waals surface area contributed by atoms with Gasteiger partial charge in [0.25, 0.3) is 0 Å². The van der Waals surface area contributed by atoms with Crippen LogP contribution in [-0.4, -0.2) is 28.0 Å². The first kappa shape index (κ1) is 23.7. The van der Waals surface area contributed by atoms with Crippen LogP contribution in [0.15, 0.2) is 58.4 Å². The molecule has 148 valence electrons. The maximum absolute atomic E-state index is 11.7. The Labute approximate surface area is 182 Å². The van der Waals surface area contributed by atoms with Crippen LogP contribution >= 0.6 is 35.6 Å². The van der Waals surface area contributed by atoms with Crippen LogP contribution in [0.1, 0.15) is 18.1 Å². The molecule has 0 aliphatic carbocycles. The molecule has 3 N–H and O–H groups in total. The molecule has 0 saturated carbocycles. The second-order valence-corrected chi connectivity index (χ2v) is 7.85. The van der Waals surface area contributed by atoms with E-state index >= 15 is 0 Å². The summed E-state index contributed by atoms with van der Waals surface area (Å²) < 4.78 is 25.8. The number of guanidine groups is 1. The van der Waals surface area contributed by atoms with Gasteiger partial charge in [-0.3, -0.25) is 0 Å². The van der Waals surface area contributed by atoms with Crippen LogP contribution in [0, 0.1) is 0 Å². The number of hydrogen-bond donors (Lipinski definition) is 3. The molecule has 0 aliphatic rings. The summed E-state index contributed by atoms with van der Waals surface area (Å²) in [5, 5.41) is 7.10. The molecular formula is C18H24ClIN4O2S. The monoisotopic (exact) mass is 522 g/mol. The summed E-state index contributed by atoms with van der Waals surface area (Å²) in [6.07, 6.45) is 0. The Bertz CT molecular complexity index is 858. The van der Waals surface area contributed by atoms with Gasteiger partial charge in [0.05, 0.1) is 11.4 Å². The van der Waals surface area contributed by atoms with Gasteiger partial charge in [0, 0.05) is 18.1 Å². The van der Waals surface area contributed by atoms with Crippen molar-refractivity contribution in [3.05, 3.63) is 64.7 Å². The molecule has 27 heavy (non-hydrogen) atoms. The largest absolute Gasteiger partial charge is 0.357 e. The Morgan fingerprint density at radius 1 is 1.07 bits per heavy atom. The van der Waals surface area contributed by atoms with E-state index in [2.05, 4.69) is 20.3 Å². The normalized spacial score (nSPS) is 11.6. The first-order chi connectivity index (χ1) is 12.4. The highest BCUT2D eigenvalue weighted by Crippen LogP contribution is 2.12. The summed E-state index contributed by atoms with van der Waals surface area (Å²) in [5.41, 5.74) is 1.98. The molecule has 0 fully saturated rings. The Morgan fingerprint density at radius 3 is 2.37 bits per heavy atom.